The van der Waals surface area contributed by atoms with Gasteiger partial charge in [-0.05, 0) is 50.6 Å². The number of nitrogens with one attached hydrogen (secondary N) is 1. The Bertz CT molecular complexity index is 472. The minimum atomic E-state index is 0.0975. The number of nitrogens with zero attached hydrogens (tertiary/aromatic N) is 1. The maximum atomic E-state index is 3.38. The monoisotopic (exact) mass is 244 g/mol. The van der Waals surface area contributed by atoms with Gasteiger partial charge in [-0.3, -0.25) is 0 Å². The lowest BCUT2D eigenvalue weighted by molar-refractivity contribution is 0.597. The third-order valence-corrected chi connectivity index (χ3v) is 3.86. The molecule has 0 saturated carbocycles. The van der Waals surface area contributed by atoms with Gasteiger partial charge in [-0.25, -0.2) is 0 Å². The van der Waals surface area contributed by atoms with Crippen molar-refractivity contribution >= 4 is 11.3 Å². The molecule has 1 aliphatic heterocycles. The van der Waals surface area contributed by atoms with Gasteiger partial charge in [0.25, 0.3) is 0 Å². The molecule has 0 saturated heterocycles. The van der Waals surface area contributed by atoms with E-state index in [2.05, 4.69) is 69.2 Å². The van der Waals surface area contributed by atoms with Crippen LogP contribution >= 0.6 is 0 Å². The fourth-order valence-electron chi connectivity index (χ4n) is 2.59. The Hall–Kier alpha value is -1.28. The summed E-state index contributed by atoms with van der Waals surface area (Å²) in [6.45, 7) is 10.8. The van der Waals surface area contributed by atoms with E-state index in [-0.39, 0.29) is 5.54 Å². The lowest BCUT2D eigenvalue weighted by Crippen LogP contribution is -2.42. The second-order valence-corrected chi connectivity index (χ2v) is 5.67. The second-order valence-electron chi connectivity index (χ2n) is 5.67. The zero-order chi connectivity index (χ0) is 13.3. The van der Waals surface area contributed by atoms with E-state index in [1.54, 1.807) is 0 Å². The molecular formula is C16H24N2. The lowest BCUT2D eigenvalue weighted by atomic mass is 9.88. The Labute approximate surface area is 111 Å². The summed E-state index contributed by atoms with van der Waals surface area (Å²) in [5.41, 5.74) is 5.54. The summed E-state index contributed by atoms with van der Waals surface area (Å²) in [6, 6.07) is 6.79. The lowest BCUT2D eigenvalue weighted by Gasteiger charge is -2.40. The van der Waals surface area contributed by atoms with Crippen molar-refractivity contribution in [1.82, 2.24) is 5.32 Å². The SMILES string of the molecule is CCNCc1ccc2c(c1)C(C)=CC(C)(C)N2C. The molecule has 0 spiro atoms. The number of hydrogen-bond donors (Lipinski definition) is 1. The third-order valence-electron chi connectivity index (χ3n) is 3.86. The molecule has 1 aromatic rings. The van der Waals surface area contributed by atoms with Gasteiger partial charge in [0.15, 0.2) is 0 Å². The quantitative estimate of drug-likeness (QED) is 0.876. The summed E-state index contributed by atoms with van der Waals surface area (Å²) in [5, 5.41) is 3.38. The molecule has 2 heteroatoms. The van der Waals surface area contributed by atoms with Crippen LogP contribution in [0, 0.1) is 0 Å². The molecule has 0 aromatic heterocycles. The van der Waals surface area contributed by atoms with E-state index in [1.165, 1.54) is 22.4 Å². The Morgan fingerprint density at radius 1 is 1.28 bits per heavy atom. The molecule has 0 amide bonds. The first-order chi connectivity index (χ1) is 8.45. The van der Waals surface area contributed by atoms with Crippen LogP contribution in [0.25, 0.3) is 5.57 Å². The number of anilines is 1. The van der Waals surface area contributed by atoms with Crippen LogP contribution in [-0.4, -0.2) is 19.1 Å². The predicted molar refractivity (Wildman–Crippen MR) is 80.0 cm³/mol. The van der Waals surface area contributed by atoms with E-state index in [0.29, 0.717) is 0 Å². The highest BCUT2D eigenvalue weighted by molar-refractivity contribution is 5.81. The molecule has 1 aromatic carbocycles. The van der Waals surface area contributed by atoms with Crippen LogP contribution in [0.3, 0.4) is 0 Å². The Morgan fingerprint density at radius 2 is 2.00 bits per heavy atom. The van der Waals surface area contributed by atoms with Crippen LogP contribution in [0.2, 0.25) is 0 Å². The van der Waals surface area contributed by atoms with Crippen molar-refractivity contribution in [1.29, 1.82) is 0 Å². The van der Waals surface area contributed by atoms with E-state index < -0.39 is 0 Å². The van der Waals surface area contributed by atoms with Crippen molar-refractivity contribution in [2.75, 3.05) is 18.5 Å². The number of allylic oxidation sites excluding steroid dienone is 1. The standard InChI is InChI=1S/C16H24N2/c1-6-17-11-13-7-8-15-14(9-13)12(2)10-16(3,4)18(15)5/h7-10,17H,6,11H2,1-5H3. The van der Waals surface area contributed by atoms with Gasteiger partial charge >= 0.3 is 0 Å². The highest BCUT2D eigenvalue weighted by atomic mass is 15.2. The zero-order valence-electron chi connectivity index (χ0n) is 12.2. The summed E-state index contributed by atoms with van der Waals surface area (Å²) >= 11 is 0. The van der Waals surface area contributed by atoms with E-state index in [1.807, 2.05) is 0 Å². The normalized spacial score (nSPS) is 17.4. The zero-order valence-corrected chi connectivity index (χ0v) is 12.2. The van der Waals surface area contributed by atoms with Gasteiger partial charge in [-0.2, -0.15) is 0 Å². The second kappa shape index (κ2) is 4.77. The molecule has 1 aliphatic rings. The fourth-order valence-corrected chi connectivity index (χ4v) is 2.59. The maximum Gasteiger partial charge on any atom is 0.0531 e. The first-order valence-corrected chi connectivity index (χ1v) is 6.73. The number of fused-ring (bicyclic) bond motifs is 1. The van der Waals surface area contributed by atoms with Gasteiger partial charge in [0, 0.05) is 24.8 Å². The van der Waals surface area contributed by atoms with Crippen molar-refractivity contribution in [3.63, 3.8) is 0 Å². The first-order valence-electron chi connectivity index (χ1n) is 6.73. The molecule has 98 valence electrons. The van der Waals surface area contributed by atoms with Gasteiger partial charge in [0.2, 0.25) is 0 Å². The van der Waals surface area contributed by atoms with Gasteiger partial charge < -0.3 is 10.2 Å². The van der Waals surface area contributed by atoms with Gasteiger partial charge in [-0.1, -0.05) is 19.1 Å². The molecule has 0 aliphatic carbocycles. The van der Waals surface area contributed by atoms with Crippen LogP contribution in [0.15, 0.2) is 24.3 Å². The largest absolute Gasteiger partial charge is 0.366 e. The Balaban J connectivity index is 2.39. The molecule has 0 atom stereocenters. The van der Waals surface area contributed by atoms with Gasteiger partial charge in [0.1, 0.15) is 0 Å². The number of rotatable bonds is 3. The highest BCUT2D eigenvalue weighted by Gasteiger charge is 2.28. The minimum Gasteiger partial charge on any atom is -0.366 e. The Kier molecular flexibility index (Phi) is 3.49. The fraction of sp³-hybridized carbons (Fsp3) is 0.500. The average molecular weight is 244 g/mol. The van der Waals surface area contributed by atoms with Crippen LogP contribution < -0.4 is 10.2 Å². The van der Waals surface area contributed by atoms with E-state index >= 15 is 0 Å². The summed E-state index contributed by atoms with van der Waals surface area (Å²) in [7, 11) is 2.17. The van der Waals surface area contributed by atoms with Crippen molar-refractivity contribution < 1.29 is 0 Å². The molecule has 2 rings (SSSR count). The van der Waals surface area contributed by atoms with Crippen molar-refractivity contribution in [3.8, 4) is 0 Å². The molecule has 0 unspecified atom stereocenters. The van der Waals surface area contributed by atoms with Gasteiger partial charge in [0.05, 0.1) is 5.54 Å². The summed E-state index contributed by atoms with van der Waals surface area (Å²) < 4.78 is 0. The minimum absolute atomic E-state index is 0.0975. The summed E-state index contributed by atoms with van der Waals surface area (Å²) in [4.78, 5) is 2.35. The molecular weight excluding hydrogens is 220 g/mol. The smallest absolute Gasteiger partial charge is 0.0531 e. The van der Waals surface area contributed by atoms with Crippen LogP contribution in [0.5, 0.6) is 0 Å². The summed E-state index contributed by atoms with van der Waals surface area (Å²) in [5.74, 6) is 0. The van der Waals surface area contributed by atoms with E-state index in [4.69, 9.17) is 0 Å². The van der Waals surface area contributed by atoms with E-state index in [0.717, 1.165) is 13.1 Å². The molecule has 0 bridgehead atoms. The van der Waals surface area contributed by atoms with E-state index in [9.17, 15) is 0 Å². The van der Waals surface area contributed by atoms with Crippen molar-refractivity contribution in [2.45, 2.75) is 39.8 Å². The predicted octanol–water partition coefficient (Wildman–Crippen LogP) is 3.43. The molecule has 2 nitrogen and oxygen atoms in total. The molecule has 18 heavy (non-hydrogen) atoms. The Morgan fingerprint density at radius 3 is 2.67 bits per heavy atom. The number of benzene rings is 1. The summed E-state index contributed by atoms with van der Waals surface area (Å²) in [6.07, 6.45) is 2.35. The van der Waals surface area contributed by atoms with Crippen LogP contribution in [-0.2, 0) is 6.54 Å². The topological polar surface area (TPSA) is 15.3 Å². The van der Waals surface area contributed by atoms with Crippen molar-refractivity contribution in [2.24, 2.45) is 0 Å². The molecule has 0 radical (unpaired) electrons. The molecule has 1 N–H and O–H groups in total. The maximum absolute atomic E-state index is 3.38. The first kappa shape index (κ1) is 13.2. The third kappa shape index (κ3) is 2.30. The average Bonchev–Trinajstić information content (AvgIpc) is 2.33. The van der Waals surface area contributed by atoms with Crippen LogP contribution in [0.1, 0.15) is 38.8 Å². The molecule has 1 heterocycles. The van der Waals surface area contributed by atoms with Crippen molar-refractivity contribution in [3.05, 3.63) is 35.4 Å². The molecule has 0 fully saturated rings. The highest BCUT2D eigenvalue weighted by Crippen LogP contribution is 2.37. The van der Waals surface area contributed by atoms with Crippen LogP contribution in [0.4, 0.5) is 5.69 Å². The number of hydrogen-bond acceptors (Lipinski definition) is 2. The number of likely N-dealkylation sites (N-methyl/N-ethyl adjacent to an activating group) is 1. The van der Waals surface area contributed by atoms with Gasteiger partial charge in [-0.15, -0.1) is 0 Å².